The number of para-hydroxylation sites is 1. The average Bonchev–Trinajstić information content (AvgIpc) is 3.37. The number of nitrogens with one attached hydrogen (secondary N) is 2. The number of carbonyl (C=O) groups is 1. The summed E-state index contributed by atoms with van der Waals surface area (Å²) in [5, 5.41) is 7.42. The quantitative estimate of drug-likeness (QED) is 0.525. The second-order valence-electron chi connectivity index (χ2n) is 7.61. The van der Waals surface area contributed by atoms with Crippen molar-refractivity contribution >= 4 is 21.6 Å². The van der Waals surface area contributed by atoms with E-state index in [1.807, 2.05) is 41.9 Å². The van der Waals surface area contributed by atoms with Crippen molar-refractivity contribution in [3.8, 4) is 5.69 Å². The van der Waals surface area contributed by atoms with Crippen LogP contribution in [0.3, 0.4) is 0 Å². The number of unbranched alkanes of at least 4 members (excludes halogenated alkanes) is 1. The Kier molecular flexibility index (Phi) is 6.20. The first-order valence-corrected chi connectivity index (χ1v) is 12.0. The Hall–Kier alpha value is -2.97. The molecular formula is C23H26N4O3S. The lowest BCUT2D eigenvalue weighted by molar-refractivity contribution is 0.102. The second-order valence-corrected chi connectivity index (χ2v) is 9.37. The number of sulfonamides is 1. The number of amides is 1. The zero-order valence-corrected chi connectivity index (χ0v) is 18.3. The van der Waals surface area contributed by atoms with E-state index in [4.69, 9.17) is 0 Å². The molecule has 0 saturated carbocycles. The van der Waals surface area contributed by atoms with E-state index in [-0.39, 0.29) is 10.8 Å². The molecule has 0 saturated heterocycles. The normalized spacial score (nSPS) is 13.2. The van der Waals surface area contributed by atoms with Gasteiger partial charge < -0.3 is 5.32 Å². The molecule has 0 aliphatic heterocycles. The van der Waals surface area contributed by atoms with Crippen molar-refractivity contribution in [2.24, 2.45) is 0 Å². The Balaban J connectivity index is 1.57. The SMILES string of the molecule is CCCCNS(=O)(=O)c1cccc(NC(=O)c2nn(-c3ccccc3)c3c2CCC3)c1. The molecule has 162 valence electrons. The van der Waals surface area contributed by atoms with Crippen LogP contribution in [0.4, 0.5) is 5.69 Å². The molecule has 1 heterocycles. The van der Waals surface area contributed by atoms with E-state index in [2.05, 4.69) is 15.1 Å². The van der Waals surface area contributed by atoms with Crippen LogP contribution in [0.25, 0.3) is 5.69 Å². The maximum Gasteiger partial charge on any atom is 0.276 e. The van der Waals surface area contributed by atoms with Crippen LogP contribution >= 0.6 is 0 Å². The molecule has 2 aromatic carbocycles. The summed E-state index contributed by atoms with van der Waals surface area (Å²) < 4.78 is 29.4. The van der Waals surface area contributed by atoms with Crippen LogP contribution in [0.15, 0.2) is 59.5 Å². The largest absolute Gasteiger partial charge is 0.321 e. The van der Waals surface area contributed by atoms with Gasteiger partial charge in [-0.2, -0.15) is 5.10 Å². The van der Waals surface area contributed by atoms with Gasteiger partial charge in [0.15, 0.2) is 5.69 Å². The summed E-state index contributed by atoms with van der Waals surface area (Å²) in [4.78, 5) is 13.2. The summed E-state index contributed by atoms with van der Waals surface area (Å²) in [6.07, 6.45) is 4.34. The standard InChI is InChI=1S/C23H26N4O3S/c1-2-3-15-24-31(29,30)19-12-7-9-17(16-19)25-23(28)22-20-13-8-14-21(20)27(26-22)18-10-5-4-6-11-18/h4-7,9-12,16,24H,2-3,8,13-15H2,1H3,(H,25,28). The highest BCUT2D eigenvalue weighted by atomic mass is 32.2. The van der Waals surface area contributed by atoms with Gasteiger partial charge in [-0.1, -0.05) is 37.6 Å². The predicted octanol–water partition coefficient (Wildman–Crippen LogP) is 3.69. The minimum Gasteiger partial charge on any atom is -0.321 e. The van der Waals surface area contributed by atoms with E-state index in [0.29, 0.717) is 17.9 Å². The maximum absolute atomic E-state index is 13.0. The summed E-state index contributed by atoms with van der Waals surface area (Å²) >= 11 is 0. The van der Waals surface area contributed by atoms with E-state index in [1.54, 1.807) is 12.1 Å². The van der Waals surface area contributed by atoms with Gasteiger partial charge in [0.2, 0.25) is 10.0 Å². The van der Waals surface area contributed by atoms with E-state index < -0.39 is 10.0 Å². The highest BCUT2D eigenvalue weighted by Gasteiger charge is 2.27. The fourth-order valence-electron chi connectivity index (χ4n) is 3.80. The summed E-state index contributed by atoms with van der Waals surface area (Å²) in [6.45, 7) is 2.39. The van der Waals surface area contributed by atoms with Gasteiger partial charge in [0.05, 0.1) is 10.6 Å². The number of aromatic nitrogens is 2. The molecule has 1 aliphatic rings. The molecule has 1 aliphatic carbocycles. The van der Waals surface area contributed by atoms with Crippen molar-refractivity contribution < 1.29 is 13.2 Å². The molecule has 8 heteroatoms. The van der Waals surface area contributed by atoms with E-state index >= 15 is 0 Å². The van der Waals surface area contributed by atoms with Crippen molar-refractivity contribution in [2.45, 2.75) is 43.9 Å². The van der Waals surface area contributed by atoms with Crippen LogP contribution in [-0.2, 0) is 22.9 Å². The Labute approximate surface area is 182 Å². The van der Waals surface area contributed by atoms with Crippen molar-refractivity contribution in [3.05, 3.63) is 71.5 Å². The number of fused-ring (bicyclic) bond motifs is 1. The van der Waals surface area contributed by atoms with Crippen molar-refractivity contribution in [1.29, 1.82) is 0 Å². The van der Waals surface area contributed by atoms with Crippen molar-refractivity contribution in [2.75, 3.05) is 11.9 Å². The highest BCUT2D eigenvalue weighted by Crippen LogP contribution is 2.28. The smallest absolute Gasteiger partial charge is 0.276 e. The van der Waals surface area contributed by atoms with Crippen molar-refractivity contribution in [1.82, 2.24) is 14.5 Å². The molecule has 31 heavy (non-hydrogen) atoms. The number of benzene rings is 2. The van der Waals surface area contributed by atoms with Gasteiger partial charge in [0.25, 0.3) is 5.91 Å². The van der Waals surface area contributed by atoms with Crippen LogP contribution in [0.1, 0.15) is 47.9 Å². The third-order valence-corrected chi connectivity index (χ3v) is 6.83. The molecule has 3 aromatic rings. The molecule has 0 fully saturated rings. The van der Waals surface area contributed by atoms with E-state index in [1.165, 1.54) is 12.1 Å². The zero-order valence-electron chi connectivity index (χ0n) is 17.5. The zero-order chi connectivity index (χ0) is 21.8. The molecule has 0 bridgehead atoms. The lowest BCUT2D eigenvalue weighted by atomic mass is 10.2. The Morgan fingerprint density at radius 2 is 1.90 bits per heavy atom. The minimum absolute atomic E-state index is 0.126. The van der Waals surface area contributed by atoms with Gasteiger partial charge in [-0.15, -0.1) is 0 Å². The molecule has 0 spiro atoms. The third kappa shape index (κ3) is 4.55. The number of carbonyl (C=O) groups excluding carboxylic acids is 1. The third-order valence-electron chi connectivity index (χ3n) is 5.37. The summed E-state index contributed by atoms with van der Waals surface area (Å²) in [5.41, 5.74) is 3.76. The molecule has 4 rings (SSSR count). The molecule has 0 atom stereocenters. The molecule has 0 radical (unpaired) electrons. The lowest BCUT2D eigenvalue weighted by Gasteiger charge is -2.09. The number of hydrogen-bond donors (Lipinski definition) is 2. The summed E-state index contributed by atoms with van der Waals surface area (Å²) in [7, 11) is -3.62. The first-order chi connectivity index (χ1) is 15.0. The van der Waals surface area contributed by atoms with Crippen LogP contribution < -0.4 is 10.0 Å². The first kappa shape index (κ1) is 21.3. The fourth-order valence-corrected chi connectivity index (χ4v) is 4.92. The lowest BCUT2D eigenvalue weighted by Crippen LogP contribution is -2.25. The topological polar surface area (TPSA) is 93.1 Å². The van der Waals surface area contributed by atoms with Gasteiger partial charge >= 0.3 is 0 Å². The minimum atomic E-state index is -3.62. The van der Waals surface area contributed by atoms with Gasteiger partial charge in [0.1, 0.15) is 0 Å². The average molecular weight is 439 g/mol. The number of anilines is 1. The van der Waals surface area contributed by atoms with Gasteiger partial charge in [-0.25, -0.2) is 17.8 Å². The molecule has 0 unspecified atom stereocenters. The molecule has 7 nitrogen and oxygen atoms in total. The monoisotopic (exact) mass is 438 g/mol. The number of hydrogen-bond acceptors (Lipinski definition) is 4. The van der Waals surface area contributed by atoms with Crippen LogP contribution in [0.5, 0.6) is 0 Å². The van der Waals surface area contributed by atoms with Crippen LogP contribution in [0, 0.1) is 0 Å². The molecular weight excluding hydrogens is 412 g/mol. The highest BCUT2D eigenvalue weighted by molar-refractivity contribution is 7.89. The molecule has 1 aromatic heterocycles. The Bertz CT molecular complexity index is 1190. The predicted molar refractivity (Wildman–Crippen MR) is 120 cm³/mol. The Morgan fingerprint density at radius 1 is 1.10 bits per heavy atom. The van der Waals surface area contributed by atoms with E-state index in [9.17, 15) is 13.2 Å². The first-order valence-electron chi connectivity index (χ1n) is 10.6. The summed E-state index contributed by atoms with van der Waals surface area (Å²) in [6, 6.07) is 16.1. The van der Waals surface area contributed by atoms with Gasteiger partial charge in [0, 0.05) is 23.5 Å². The number of nitrogens with zero attached hydrogens (tertiary/aromatic N) is 2. The summed E-state index contributed by atoms with van der Waals surface area (Å²) in [5.74, 6) is -0.332. The maximum atomic E-state index is 13.0. The number of rotatable bonds is 8. The Morgan fingerprint density at radius 3 is 2.68 bits per heavy atom. The molecule has 1 amide bonds. The van der Waals surface area contributed by atoms with Gasteiger partial charge in [-0.05, 0) is 56.0 Å². The fraction of sp³-hybridized carbons (Fsp3) is 0.304. The van der Waals surface area contributed by atoms with Gasteiger partial charge in [-0.3, -0.25) is 4.79 Å². The van der Waals surface area contributed by atoms with Crippen molar-refractivity contribution in [3.63, 3.8) is 0 Å². The second kappa shape index (κ2) is 9.03. The van der Waals surface area contributed by atoms with Crippen LogP contribution in [0.2, 0.25) is 0 Å². The van der Waals surface area contributed by atoms with Crippen LogP contribution in [-0.4, -0.2) is 30.7 Å². The van der Waals surface area contributed by atoms with E-state index in [0.717, 1.165) is 49.0 Å². The molecule has 2 N–H and O–H groups in total.